The maximum Gasteiger partial charge on any atom is 0.490 e. The van der Waals surface area contributed by atoms with Crippen molar-refractivity contribution < 1.29 is 50.9 Å². The summed E-state index contributed by atoms with van der Waals surface area (Å²) in [5.74, 6) is -4.30. The summed E-state index contributed by atoms with van der Waals surface area (Å²) in [5.41, 5.74) is 3.17. The van der Waals surface area contributed by atoms with Crippen LogP contribution in [0.2, 0.25) is 0 Å². The van der Waals surface area contributed by atoms with E-state index >= 15 is 0 Å². The Balaban J connectivity index is 0.000000532. The number of rotatable bonds is 4. The Morgan fingerprint density at radius 3 is 2.13 bits per heavy atom. The summed E-state index contributed by atoms with van der Waals surface area (Å²) in [4.78, 5) is 24.3. The van der Waals surface area contributed by atoms with Gasteiger partial charge in [-0.2, -0.15) is 26.3 Å². The molecule has 7 nitrogen and oxygen atoms in total. The van der Waals surface area contributed by atoms with Crippen molar-refractivity contribution in [2.75, 3.05) is 7.11 Å². The van der Waals surface area contributed by atoms with Crippen molar-refractivity contribution in [3.8, 4) is 0 Å². The SMILES string of the molecule is COC1(C2(C(F)(F)F)Cc3cc(C(=O)O)ccc3C(N)=N2)C=CC=C(c2ccccc2)C1.O=C(O)C(F)(F)F. The number of fused-ring (bicyclic) bond motifs is 1. The van der Waals surface area contributed by atoms with Gasteiger partial charge in [-0.3, -0.25) is 0 Å². The zero-order valence-electron chi connectivity index (χ0n) is 20.2. The molecule has 0 radical (unpaired) electrons. The molecule has 13 heteroatoms. The number of aromatic carboxylic acids is 1. The van der Waals surface area contributed by atoms with Gasteiger partial charge in [0.2, 0.25) is 0 Å². The lowest BCUT2D eigenvalue weighted by Crippen LogP contribution is -2.65. The van der Waals surface area contributed by atoms with Gasteiger partial charge in [-0.15, -0.1) is 0 Å². The molecule has 208 valence electrons. The highest BCUT2D eigenvalue weighted by Gasteiger charge is 2.68. The molecular formula is C26H22F6N2O5. The molecule has 2 aromatic carbocycles. The van der Waals surface area contributed by atoms with E-state index in [1.165, 1.54) is 37.5 Å². The van der Waals surface area contributed by atoms with E-state index < -0.39 is 41.9 Å². The number of aliphatic carboxylic acids is 1. The van der Waals surface area contributed by atoms with Crippen molar-refractivity contribution in [3.05, 3.63) is 89.0 Å². The summed E-state index contributed by atoms with van der Waals surface area (Å²) in [7, 11) is 1.22. The lowest BCUT2D eigenvalue weighted by molar-refractivity contribution is -0.233. The molecule has 4 rings (SSSR count). The molecule has 0 saturated heterocycles. The van der Waals surface area contributed by atoms with Gasteiger partial charge in [-0.05, 0) is 34.9 Å². The first-order chi connectivity index (χ1) is 18.1. The van der Waals surface area contributed by atoms with E-state index in [0.717, 1.165) is 5.56 Å². The highest BCUT2D eigenvalue weighted by molar-refractivity contribution is 6.01. The van der Waals surface area contributed by atoms with Crippen molar-refractivity contribution >= 4 is 23.3 Å². The Bertz CT molecular complexity index is 1350. The molecule has 4 N–H and O–H groups in total. The molecule has 1 heterocycles. The number of hydrogen-bond acceptors (Lipinski definition) is 5. The van der Waals surface area contributed by atoms with Crippen molar-refractivity contribution in [1.29, 1.82) is 0 Å². The normalized spacial score (nSPS) is 22.5. The van der Waals surface area contributed by atoms with Crippen LogP contribution in [-0.4, -0.2) is 58.6 Å². The number of nitrogens with zero attached hydrogens (tertiary/aromatic N) is 1. The average molecular weight is 556 g/mol. The Kier molecular flexibility index (Phi) is 7.97. The zero-order chi connectivity index (χ0) is 29.2. The van der Waals surface area contributed by atoms with Gasteiger partial charge < -0.3 is 20.7 Å². The maximum atomic E-state index is 14.9. The average Bonchev–Trinajstić information content (AvgIpc) is 2.87. The van der Waals surface area contributed by atoms with Crippen molar-refractivity contribution in [2.24, 2.45) is 10.7 Å². The van der Waals surface area contributed by atoms with E-state index in [1.54, 1.807) is 6.08 Å². The number of benzene rings is 2. The highest BCUT2D eigenvalue weighted by Crippen LogP contribution is 2.53. The van der Waals surface area contributed by atoms with Crippen LogP contribution in [0.1, 0.15) is 33.5 Å². The van der Waals surface area contributed by atoms with Crippen LogP contribution in [-0.2, 0) is 16.0 Å². The number of ether oxygens (including phenoxy) is 1. The van der Waals surface area contributed by atoms with Crippen molar-refractivity contribution in [3.63, 3.8) is 0 Å². The van der Waals surface area contributed by atoms with Gasteiger partial charge in [0.05, 0.1) is 5.56 Å². The fourth-order valence-corrected chi connectivity index (χ4v) is 4.52. The molecule has 2 aliphatic rings. The zero-order valence-corrected chi connectivity index (χ0v) is 20.2. The summed E-state index contributed by atoms with van der Waals surface area (Å²) < 4.78 is 81.9. The van der Waals surface area contributed by atoms with Crippen molar-refractivity contribution in [2.45, 2.75) is 36.3 Å². The monoisotopic (exact) mass is 556 g/mol. The minimum absolute atomic E-state index is 0.0890. The summed E-state index contributed by atoms with van der Waals surface area (Å²) in [6, 6.07) is 13.0. The van der Waals surface area contributed by atoms with Gasteiger partial charge in [0.25, 0.3) is 0 Å². The van der Waals surface area contributed by atoms with Crippen LogP contribution in [0.5, 0.6) is 0 Å². The Morgan fingerprint density at radius 2 is 1.62 bits per heavy atom. The quantitative estimate of drug-likeness (QED) is 0.456. The van der Waals surface area contributed by atoms with Gasteiger partial charge in [0.1, 0.15) is 11.4 Å². The van der Waals surface area contributed by atoms with Gasteiger partial charge >= 0.3 is 24.3 Å². The third kappa shape index (κ3) is 5.67. The minimum Gasteiger partial charge on any atom is -0.478 e. The lowest BCUT2D eigenvalue weighted by Gasteiger charge is -2.49. The van der Waals surface area contributed by atoms with Gasteiger partial charge in [-0.1, -0.05) is 48.6 Å². The van der Waals surface area contributed by atoms with E-state index in [4.69, 9.17) is 20.4 Å². The molecule has 0 saturated carbocycles. The van der Waals surface area contributed by atoms with E-state index in [2.05, 4.69) is 4.99 Å². The van der Waals surface area contributed by atoms with Crippen molar-refractivity contribution in [1.82, 2.24) is 0 Å². The summed E-state index contributed by atoms with van der Waals surface area (Å²) >= 11 is 0. The standard InChI is InChI=1S/C24H21F3N2O3.C2HF3O2/c1-32-22(11-5-8-17(13-22)15-6-3-2-4-7-15)23(24(25,26)27)14-18-12-16(21(30)31)9-10-19(18)20(28)29-23;3-2(4,5)1(6)7/h2-12H,13-14H2,1H3,(H2,28,29)(H,30,31);(H,6,7). The maximum absolute atomic E-state index is 14.9. The van der Waals surface area contributed by atoms with Gasteiger partial charge in [-0.25, -0.2) is 14.6 Å². The van der Waals surface area contributed by atoms with Crippen LogP contribution in [0.3, 0.4) is 0 Å². The van der Waals surface area contributed by atoms with E-state index in [9.17, 15) is 36.2 Å². The van der Waals surface area contributed by atoms with Crippen LogP contribution in [0, 0.1) is 0 Å². The van der Waals surface area contributed by atoms with Crippen LogP contribution in [0.15, 0.2) is 71.8 Å². The third-order valence-corrected chi connectivity index (χ3v) is 6.42. The second kappa shape index (κ2) is 10.6. The molecule has 2 unspecified atom stereocenters. The molecule has 0 bridgehead atoms. The molecule has 0 amide bonds. The highest BCUT2D eigenvalue weighted by atomic mass is 19.4. The lowest BCUT2D eigenvalue weighted by atomic mass is 9.67. The second-order valence-corrected chi connectivity index (χ2v) is 8.70. The number of halogens is 6. The number of aliphatic imine (C=N–C) groups is 1. The number of alkyl halides is 6. The number of nitrogens with two attached hydrogens (primary N) is 1. The number of allylic oxidation sites excluding steroid dienone is 2. The van der Waals surface area contributed by atoms with Crippen LogP contribution in [0.25, 0.3) is 5.57 Å². The smallest absolute Gasteiger partial charge is 0.478 e. The van der Waals surface area contributed by atoms with E-state index in [0.29, 0.717) is 11.1 Å². The molecular weight excluding hydrogens is 534 g/mol. The molecule has 1 aliphatic heterocycles. The van der Waals surface area contributed by atoms with E-state index in [1.807, 2.05) is 30.3 Å². The molecule has 39 heavy (non-hydrogen) atoms. The van der Waals surface area contributed by atoms with Crippen LogP contribution < -0.4 is 5.73 Å². The summed E-state index contributed by atoms with van der Waals surface area (Å²) in [6.07, 6.45) is -5.95. The molecule has 2 atom stereocenters. The number of carbonyl (C=O) groups is 2. The fraction of sp³-hybridized carbons (Fsp3) is 0.269. The van der Waals surface area contributed by atoms with Gasteiger partial charge in [0, 0.05) is 25.5 Å². The number of carboxylic acid groups (broad SMARTS) is 2. The summed E-state index contributed by atoms with van der Waals surface area (Å²) in [6.45, 7) is 0. The number of amidine groups is 1. The Hall–Kier alpha value is -4.13. The van der Waals surface area contributed by atoms with Crippen LogP contribution >= 0.6 is 0 Å². The second-order valence-electron chi connectivity index (χ2n) is 8.70. The van der Waals surface area contributed by atoms with Gasteiger partial charge in [0.15, 0.2) is 5.54 Å². The topological polar surface area (TPSA) is 122 Å². The first-order valence-corrected chi connectivity index (χ1v) is 11.1. The number of hydrogen-bond donors (Lipinski definition) is 3. The predicted octanol–water partition coefficient (Wildman–Crippen LogP) is 5.01. The fourth-order valence-electron chi connectivity index (χ4n) is 4.52. The molecule has 0 fully saturated rings. The minimum atomic E-state index is -5.08. The number of carboxylic acids is 2. The summed E-state index contributed by atoms with van der Waals surface area (Å²) in [5, 5.41) is 16.4. The third-order valence-electron chi connectivity index (χ3n) is 6.42. The Labute approximate surface area is 217 Å². The predicted molar refractivity (Wildman–Crippen MR) is 128 cm³/mol. The largest absolute Gasteiger partial charge is 0.490 e. The molecule has 0 aromatic heterocycles. The first-order valence-electron chi connectivity index (χ1n) is 11.1. The molecule has 1 aliphatic carbocycles. The van der Waals surface area contributed by atoms with Crippen LogP contribution in [0.4, 0.5) is 26.3 Å². The molecule has 0 spiro atoms. The first kappa shape index (κ1) is 29.4. The van der Waals surface area contributed by atoms with E-state index in [-0.39, 0.29) is 23.4 Å². The Morgan fingerprint density at radius 1 is 1.00 bits per heavy atom. The number of methoxy groups -OCH3 is 1. The molecule has 2 aromatic rings.